The molecule has 4 rings (SSSR count). The van der Waals surface area contributed by atoms with Crippen molar-refractivity contribution in [2.24, 2.45) is 5.92 Å². The fourth-order valence-corrected chi connectivity index (χ4v) is 4.28. The minimum atomic E-state index is -0.367. The second kappa shape index (κ2) is 11.2. The number of para-hydroxylation sites is 2. The molecule has 0 aliphatic carbocycles. The molecule has 0 spiro atoms. The second-order valence-corrected chi connectivity index (χ2v) is 10.1. The van der Waals surface area contributed by atoms with Crippen molar-refractivity contribution >= 4 is 28.8 Å². The SMILES string of the molecule is CCN1/C(=C(\C#N)c2nc(NC(=O)C3CCN(CONOC(C)(C)C)C3)ncc2C)Nc2ccccc21. The third-order valence-electron chi connectivity index (χ3n) is 6.12. The van der Waals surface area contributed by atoms with Gasteiger partial charge in [0.15, 0.2) is 0 Å². The molecule has 3 heterocycles. The third-order valence-corrected chi connectivity index (χ3v) is 6.12. The standard InChI is InChI=1S/C26H34N8O3/c1-6-34-21-10-8-7-9-20(21)29-23(34)19(13-27)22-17(2)14-28-25(30-22)31-24(35)18-11-12-33(15-18)16-36-32-37-26(3,4)5/h7-10,14,18,29,32H,6,11-12,15-16H2,1-5H3,(H,28,30,31,35)/b23-19+. The van der Waals surface area contributed by atoms with Crippen LogP contribution in [0.5, 0.6) is 0 Å². The molecule has 11 heteroatoms. The number of carbonyl (C=O) groups excluding carboxylic acids is 1. The summed E-state index contributed by atoms with van der Waals surface area (Å²) >= 11 is 0. The molecule has 2 aliphatic rings. The van der Waals surface area contributed by atoms with E-state index in [1.54, 1.807) is 6.20 Å². The highest BCUT2D eigenvalue weighted by atomic mass is 16.9. The van der Waals surface area contributed by atoms with Gasteiger partial charge in [0.05, 0.1) is 28.6 Å². The highest BCUT2D eigenvalue weighted by Gasteiger charge is 2.30. The molecule has 1 amide bonds. The van der Waals surface area contributed by atoms with E-state index < -0.39 is 0 Å². The molecule has 11 nitrogen and oxygen atoms in total. The normalized spacial score (nSPS) is 18.8. The van der Waals surface area contributed by atoms with Crippen molar-refractivity contribution in [3.8, 4) is 6.07 Å². The summed E-state index contributed by atoms with van der Waals surface area (Å²) in [7, 11) is 0. The number of benzene rings is 1. The third kappa shape index (κ3) is 6.23. The van der Waals surface area contributed by atoms with E-state index >= 15 is 0 Å². The van der Waals surface area contributed by atoms with Crippen LogP contribution in [0.2, 0.25) is 0 Å². The van der Waals surface area contributed by atoms with E-state index in [1.165, 1.54) is 0 Å². The van der Waals surface area contributed by atoms with Crippen molar-refractivity contribution in [2.45, 2.75) is 46.6 Å². The second-order valence-electron chi connectivity index (χ2n) is 10.1. The van der Waals surface area contributed by atoms with Gasteiger partial charge < -0.3 is 10.2 Å². The Kier molecular flexibility index (Phi) is 8.04. The summed E-state index contributed by atoms with van der Waals surface area (Å²) in [6.45, 7) is 11.9. The van der Waals surface area contributed by atoms with E-state index in [0.717, 1.165) is 23.5 Å². The summed E-state index contributed by atoms with van der Waals surface area (Å²) in [6.07, 6.45) is 2.32. The molecule has 1 aromatic carbocycles. The molecule has 3 N–H and O–H groups in total. The Bertz CT molecular complexity index is 1220. The minimum Gasteiger partial charge on any atom is -0.339 e. The summed E-state index contributed by atoms with van der Waals surface area (Å²) in [5, 5.41) is 16.3. The maximum Gasteiger partial charge on any atom is 0.231 e. The highest BCUT2D eigenvalue weighted by molar-refractivity contribution is 5.93. The number of amides is 1. The first-order valence-electron chi connectivity index (χ1n) is 12.4. The van der Waals surface area contributed by atoms with Crippen LogP contribution >= 0.6 is 0 Å². The van der Waals surface area contributed by atoms with Crippen LogP contribution in [-0.2, 0) is 14.5 Å². The van der Waals surface area contributed by atoms with Crippen LogP contribution in [0.15, 0.2) is 36.3 Å². The van der Waals surface area contributed by atoms with Gasteiger partial charge in [0.25, 0.3) is 0 Å². The smallest absolute Gasteiger partial charge is 0.231 e. The number of hydrogen-bond donors (Lipinski definition) is 3. The van der Waals surface area contributed by atoms with Gasteiger partial charge in [-0.3, -0.25) is 24.7 Å². The van der Waals surface area contributed by atoms with Crippen molar-refractivity contribution in [2.75, 3.05) is 41.9 Å². The number of carbonyl (C=O) groups is 1. The van der Waals surface area contributed by atoms with Gasteiger partial charge in [-0.2, -0.15) is 5.26 Å². The maximum atomic E-state index is 13.0. The van der Waals surface area contributed by atoms with Crippen LogP contribution in [0.1, 0.15) is 45.4 Å². The first-order chi connectivity index (χ1) is 17.7. The number of nitrogens with zero attached hydrogens (tertiary/aromatic N) is 5. The number of rotatable bonds is 8. The van der Waals surface area contributed by atoms with Crippen molar-refractivity contribution < 1.29 is 14.5 Å². The van der Waals surface area contributed by atoms with Crippen LogP contribution in [0.4, 0.5) is 17.3 Å². The van der Waals surface area contributed by atoms with E-state index in [0.29, 0.717) is 43.3 Å². The number of aryl methyl sites for hydroxylation is 1. The fraction of sp³-hybridized carbons (Fsp3) is 0.462. The number of allylic oxidation sites excluding steroid dienone is 1. The van der Waals surface area contributed by atoms with Crippen LogP contribution in [0.3, 0.4) is 0 Å². The monoisotopic (exact) mass is 506 g/mol. The van der Waals surface area contributed by atoms with Gasteiger partial charge in [-0.15, -0.1) is 0 Å². The molecular formula is C26H34N8O3. The van der Waals surface area contributed by atoms with Crippen molar-refractivity contribution in [1.82, 2.24) is 20.5 Å². The zero-order valence-electron chi connectivity index (χ0n) is 22.0. The van der Waals surface area contributed by atoms with Gasteiger partial charge in [-0.1, -0.05) is 17.8 Å². The number of likely N-dealkylation sites (tertiary alicyclic amines) is 1. The zero-order chi connectivity index (χ0) is 26.6. The molecule has 2 aromatic rings. The van der Waals surface area contributed by atoms with E-state index in [1.807, 2.05) is 68.7 Å². The number of anilines is 3. The number of aromatic nitrogens is 2. The van der Waals surface area contributed by atoms with Crippen LogP contribution in [0, 0.1) is 24.2 Å². The lowest BCUT2D eigenvalue weighted by Crippen LogP contribution is -2.34. The Morgan fingerprint density at radius 1 is 1.32 bits per heavy atom. The Labute approximate surface area is 217 Å². The van der Waals surface area contributed by atoms with E-state index in [-0.39, 0.29) is 23.4 Å². The largest absolute Gasteiger partial charge is 0.339 e. The summed E-state index contributed by atoms with van der Waals surface area (Å²) in [5.41, 5.74) is 5.68. The molecule has 196 valence electrons. The molecule has 2 aliphatic heterocycles. The van der Waals surface area contributed by atoms with Gasteiger partial charge in [-0.25, -0.2) is 9.97 Å². The van der Waals surface area contributed by atoms with Gasteiger partial charge in [0.1, 0.15) is 24.2 Å². The Morgan fingerprint density at radius 3 is 2.84 bits per heavy atom. The summed E-state index contributed by atoms with van der Waals surface area (Å²) < 4.78 is 0. The Balaban J connectivity index is 1.44. The molecule has 0 radical (unpaired) electrons. The quantitative estimate of drug-likeness (QED) is 0.278. The van der Waals surface area contributed by atoms with Crippen molar-refractivity contribution in [1.29, 1.82) is 5.26 Å². The first-order valence-corrected chi connectivity index (χ1v) is 12.4. The van der Waals surface area contributed by atoms with Crippen LogP contribution in [0.25, 0.3) is 5.57 Å². The zero-order valence-corrected chi connectivity index (χ0v) is 22.0. The number of nitrogens with one attached hydrogen (secondary N) is 3. The molecule has 1 aromatic heterocycles. The lowest BCUT2D eigenvalue weighted by Gasteiger charge is -2.21. The molecule has 37 heavy (non-hydrogen) atoms. The van der Waals surface area contributed by atoms with E-state index in [2.05, 4.69) is 32.3 Å². The molecule has 1 saturated heterocycles. The van der Waals surface area contributed by atoms with Gasteiger partial charge >= 0.3 is 0 Å². The molecule has 0 bridgehead atoms. The Morgan fingerprint density at radius 2 is 2.11 bits per heavy atom. The van der Waals surface area contributed by atoms with Crippen LogP contribution in [-0.4, -0.2) is 52.7 Å². The fourth-order valence-electron chi connectivity index (χ4n) is 4.28. The summed E-state index contributed by atoms with van der Waals surface area (Å²) in [6, 6.07) is 10.2. The highest BCUT2D eigenvalue weighted by Crippen LogP contribution is 2.38. The van der Waals surface area contributed by atoms with Gasteiger partial charge in [0, 0.05) is 25.8 Å². The lowest BCUT2D eigenvalue weighted by molar-refractivity contribution is -0.236. The minimum absolute atomic E-state index is 0.163. The molecule has 1 unspecified atom stereocenters. The van der Waals surface area contributed by atoms with Crippen LogP contribution < -0.4 is 21.2 Å². The predicted molar refractivity (Wildman–Crippen MR) is 141 cm³/mol. The first kappa shape index (κ1) is 26.5. The number of nitriles is 1. The maximum absolute atomic E-state index is 13.0. The summed E-state index contributed by atoms with van der Waals surface area (Å²) in [5.74, 6) is 0.452. The average molecular weight is 507 g/mol. The van der Waals surface area contributed by atoms with E-state index in [4.69, 9.17) is 9.68 Å². The molecular weight excluding hydrogens is 472 g/mol. The van der Waals surface area contributed by atoms with Crippen molar-refractivity contribution in [3.05, 3.63) is 47.5 Å². The molecule has 1 fully saturated rings. The van der Waals surface area contributed by atoms with Crippen molar-refractivity contribution in [3.63, 3.8) is 0 Å². The summed E-state index contributed by atoms with van der Waals surface area (Å²) in [4.78, 5) is 36.6. The number of hydrogen-bond acceptors (Lipinski definition) is 10. The number of fused-ring (bicyclic) bond motifs is 1. The topological polar surface area (TPSA) is 128 Å². The average Bonchev–Trinajstić information content (AvgIpc) is 3.48. The predicted octanol–water partition coefficient (Wildman–Crippen LogP) is 3.40. The molecule has 0 saturated carbocycles. The molecule has 1 atom stereocenters. The lowest BCUT2D eigenvalue weighted by atomic mass is 10.1. The van der Waals surface area contributed by atoms with Gasteiger partial charge in [0.2, 0.25) is 11.9 Å². The Hall–Kier alpha value is -3.56. The van der Waals surface area contributed by atoms with Gasteiger partial charge in [-0.05, 0) is 58.7 Å². The van der Waals surface area contributed by atoms with E-state index in [9.17, 15) is 10.1 Å².